The molecule has 0 radical (unpaired) electrons. The van der Waals surface area contributed by atoms with Gasteiger partial charge in [-0.15, -0.1) is 0 Å². The third-order valence-corrected chi connectivity index (χ3v) is 5.31. The van der Waals surface area contributed by atoms with Gasteiger partial charge < -0.3 is 10.2 Å². The Morgan fingerprint density at radius 2 is 2.00 bits per heavy atom. The van der Waals surface area contributed by atoms with E-state index in [1.54, 1.807) is 0 Å². The molecule has 2 saturated carbocycles. The van der Waals surface area contributed by atoms with Crippen LogP contribution in [-0.2, 0) is 0 Å². The Morgan fingerprint density at radius 3 is 2.65 bits per heavy atom. The normalized spacial score (nSPS) is 45.4. The molecule has 0 heterocycles. The van der Waals surface area contributed by atoms with Gasteiger partial charge in [-0.3, -0.25) is 0 Å². The van der Waals surface area contributed by atoms with Crippen molar-refractivity contribution in [1.29, 1.82) is 0 Å². The van der Waals surface area contributed by atoms with Crippen LogP contribution in [-0.4, -0.2) is 22.4 Å². The topological polar surface area (TPSA) is 40.5 Å². The molecule has 98 valence electrons. The van der Waals surface area contributed by atoms with Crippen LogP contribution in [0, 0.1) is 11.3 Å². The number of hydrogen-bond donors (Lipinski definition) is 2. The van der Waals surface area contributed by atoms with Gasteiger partial charge in [-0.2, -0.15) is 0 Å². The van der Waals surface area contributed by atoms with Crippen molar-refractivity contribution in [2.75, 3.05) is 6.61 Å². The lowest BCUT2D eigenvalue weighted by Crippen LogP contribution is -2.50. The Hall–Kier alpha value is -0.340. The minimum atomic E-state index is -0.519. The van der Waals surface area contributed by atoms with Crippen molar-refractivity contribution >= 4 is 0 Å². The van der Waals surface area contributed by atoms with Crippen LogP contribution in [0.25, 0.3) is 0 Å². The van der Waals surface area contributed by atoms with Crippen molar-refractivity contribution < 1.29 is 10.2 Å². The van der Waals surface area contributed by atoms with Crippen LogP contribution in [0.15, 0.2) is 11.1 Å². The first kappa shape index (κ1) is 13.1. The average molecular weight is 238 g/mol. The molecule has 0 aromatic carbocycles. The van der Waals surface area contributed by atoms with Gasteiger partial charge in [0.15, 0.2) is 0 Å². The number of hydrogen-bond acceptors (Lipinski definition) is 2. The molecule has 0 unspecified atom stereocenters. The van der Waals surface area contributed by atoms with Gasteiger partial charge in [-0.05, 0) is 62.9 Å². The van der Waals surface area contributed by atoms with Crippen LogP contribution in [0.3, 0.4) is 0 Å². The second-order valence-corrected chi connectivity index (χ2v) is 6.66. The Balaban J connectivity index is 2.26. The van der Waals surface area contributed by atoms with Crippen molar-refractivity contribution in [2.45, 2.75) is 64.9 Å². The smallest absolute Gasteiger partial charge is 0.0656 e. The second-order valence-electron chi connectivity index (χ2n) is 6.66. The molecule has 0 aliphatic heterocycles. The molecule has 2 N–H and O–H groups in total. The van der Waals surface area contributed by atoms with Crippen LogP contribution in [0.5, 0.6) is 0 Å². The molecule has 2 heteroatoms. The summed E-state index contributed by atoms with van der Waals surface area (Å²) >= 11 is 0. The van der Waals surface area contributed by atoms with Crippen molar-refractivity contribution in [2.24, 2.45) is 11.3 Å². The summed E-state index contributed by atoms with van der Waals surface area (Å²) in [6, 6.07) is 0. The first-order chi connectivity index (χ1) is 7.89. The maximum Gasteiger partial charge on any atom is 0.0656 e. The predicted molar refractivity (Wildman–Crippen MR) is 69.7 cm³/mol. The molecule has 3 atom stereocenters. The third kappa shape index (κ3) is 2.30. The summed E-state index contributed by atoms with van der Waals surface area (Å²) < 4.78 is 0. The van der Waals surface area contributed by atoms with Gasteiger partial charge in [-0.25, -0.2) is 0 Å². The minimum Gasteiger partial charge on any atom is -0.392 e. The largest absolute Gasteiger partial charge is 0.392 e. The highest BCUT2D eigenvalue weighted by Gasteiger charge is 2.49. The minimum absolute atomic E-state index is 0.168. The van der Waals surface area contributed by atoms with Crippen LogP contribution >= 0.6 is 0 Å². The molecule has 2 nitrogen and oxygen atoms in total. The Kier molecular flexibility index (Phi) is 3.39. The monoisotopic (exact) mass is 238 g/mol. The SMILES string of the molecule is C/C(CO)=C1/CC[C@]2(C)CCC[C@](C)(O)[C@H]2C1. The second kappa shape index (κ2) is 4.40. The number of rotatable bonds is 1. The molecular weight excluding hydrogens is 212 g/mol. The van der Waals surface area contributed by atoms with Crippen molar-refractivity contribution in [3.63, 3.8) is 0 Å². The molecule has 2 rings (SSSR count). The zero-order valence-electron chi connectivity index (χ0n) is 11.4. The fourth-order valence-corrected chi connectivity index (χ4v) is 4.00. The van der Waals surface area contributed by atoms with E-state index in [4.69, 9.17) is 0 Å². The lowest BCUT2D eigenvalue weighted by atomic mass is 9.54. The molecule has 2 aliphatic rings. The van der Waals surface area contributed by atoms with Crippen LogP contribution in [0.4, 0.5) is 0 Å². The maximum atomic E-state index is 10.6. The Morgan fingerprint density at radius 1 is 1.29 bits per heavy atom. The Labute approximate surface area is 105 Å². The number of allylic oxidation sites excluding steroid dienone is 1. The highest BCUT2D eigenvalue weighted by molar-refractivity contribution is 5.19. The van der Waals surface area contributed by atoms with Crippen LogP contribution in [0.2, 0.25) is 0 Å². The fraction of sp³-hybridized carbons (Fsp3) is 0.867. The summed E-state index contributed by atoms with van der Waals surface area (Å²) in [5, 5.41) is 19.9. The van der Waals surface area contributed by atoms with Crippen molar-refractivity contribution in [3.05, 3.63) is 11.1 Å². The zero-order valence-corrected chi connectivity index (χ0v) is 11.4. The van der Waals surface area contributed by atoms with Gasteiger partial charge in [-0.1, -0.05) is 18.9 Å². The van der Waals surface area contributed by atoms with Gasteiger partial charge >= 0.3 is 0 Å². The number of aliphatic hydroxyl groups excluding tert-OH is 1. The van der Waals surface area contributed by atoms with E-state index < -0.39 is 5.60 Å². The van der Waals surface area contributed by atoms with Crippen LogP contribution in [0.1, 0.15) is 59.3 Å². The van der Waals surface area contributed by atoms with Gasteiger partial charge in [0.05, 0.1) is 12.2 Å². The standard InChI is InChI=1S/C15H26O2/c1-11(10-16)12-5-8-14(2)6-4-7-15(3,17)13(14)9-12/h13,16-17H,4-10H2,1-3H3/b12-11+/t13-,14-,15-/m0/s1. The van der Waals surface area contributed by atoms with Crippen molar-refractivity contribution in [1.82, 2.24) is 0 Å². The average Bonchev–Trinajstić information content (AvgIpc) is 2.27. The fourth-order valence-electron chi connectivity index (χ4n) is 4.00. The lowest BCUT2D eigenvalue weighted by Gasteiger charge is -2.53. The van der Waals surface area contributed by atoms with E-state index in [-0.39, 0.29) is 6.61 Å². The molecule has 2 fully saturated rings. The summed E-state index contributed by atoms with van der Waals surface area (Å²) in [4.78, 5) is 0. The molecule has 0 spiro atoms. The first-order valence-corrected chi connectivity index (χ1v) is 6.90. The van der Waals surface area contributed by atoms with E-state index >= 15 is 0 Å². The highest BCUT2D eigenvalue weighted by Crippen LogP contribution is 2.55. The summed E-state index contributed by atoms with van der Waals surface area (Å²) in [5.74, 6) is 0.369. The Bertz CT molecular complexity index is 330. The molecule has 2 aliphatic carbocycles. The molecule has 0 bridgehead atoms. The maximum absolute atomic E-state index is 10.6. The molecule has 0 amide bonds. The van der Waals surface area contributed by atoms with Crippen molar-refractivity contribution in [3.8, 4) is 0 Å². The van der Waals surface area contributed by atoms with E-state index in [1.807, 2.05) is 13.8 Å². The summed E-state index contributed by atoms with van der Waals surface area (Å²) in [7, 11) is 0. The van der Waals surface area contributed by atoms with E-state index in [0.717, 1.165) is 31.3 Å². The van der Waals surface area contributed by atoms with Gasteiger partial charge in [0.1, 0.15) is 0 Å². The summed E-state index contributed by atoms with van der Waals surface area (Å²) in [5.41, 5.74) is 2.29. The van der Waals surface area contributed by atoms with Crippen LogP contribution < -0.4 is 0 Å². The number of fused-ring (bicyclic) bond motifs is 1. The molecular formula is C15H26O2. The molecule has 17 heavy (non-hydrogen) atoms. The van der Waals surface area contributed by atoms with Gasteiger partial charge in [0, 0.05) is 0 Å². The van der Waals surface area contributed by atoms with Gasteiger partial charge in [0.2, 0.25) is 0 Å². The van der Waals surface area contributed by atoms with E-state index in [0.29, 0.717) is 11.3 Å². The van der Waals surface area contributed by atoms with E-state index in [2.05, 4.69) is 6.92 Å². The zero-order chi connectivity index (χ0) is 12.7. The molecule has 0 aromatic rings. The predicted octanol–water partition coefficient (Wildman–Crippen LogP) is 3.04. The quantitative estimate of drug-likeness (QED) is 0.689. The summed E-state index contributed by atoms with van der Waals surface area (Å²) in [6.07, 6.45) is 6.59. The molecule has 0 aromatic heterocycles. The highest BCUT2D eigenvalue weighted by atomic mass is 16.3. The summed E-state index contributed by atoms with van der Waals surface area (Å²) in [6.45, 7) is 6.54. The number of aliphatic hydroxyl groups is 2. The molecule has 0 saturated heterocycles. The lowest BCUT2D eigenvalue weighted by molar-refractivity contribution is -0.105. The first-order valence-electron chi connectivity index (χ1n) is 6.90. The van der Waals surface area contributed by atoms with E-state index in [1.165, 1.54) is 18.4 Å². The van der Waals surface area contributed by atoms with Gasteiger partial charge in [0.25, 0.3) is 0 Å². The van der Waals surface area contributed by atoms with E-state index in [9.17, 15) is 10.2 Å². The third-order valence-electron chi connectivity index (χ3n) is 5.31.